The predicted octanol–water partition coefficient (Wildman–Crippen LogP) is 2.98. The number of hydrogen-bond donors (Lipinski definition) is 0. The Morgan fingerprint density at radius 3 is 2.71 bits per heavy atom. The number of anilines is 1. The van der Waals surface area contributed by atoms with Gasteiger partial charge in [-0.3, -0.25) is 4.79 Å². The molecule has 0 unspecified atom stereocenters. The van der Waals surface area contributed by atoms with Crippen molar-refractivity contribution in [3.8, 4) is 11.4 Å². The molecule has 8 heteroatoms. The Morgan fingerprint density at radius 2 is 2.04 bits per heavy atom. The molecule has 28 heavy (non-hydrogen) atoms. The van der Waals surface area contributed by atoms with E-state index in [0.717, 1.165) is 29.7 Å². The summed E-state index contributed by atoms with van der Waals surface area (Å²) < 4.78 is 10.3. The van der Waals surface area contributed by atoms with Crippen molar-refractivity contribution in [3.05, 3.63) is 29.7 Å². The fraction of sp³-hybridized carbons (Fsp3) is 0.500. The highest BCUT2D eigenvalue weighted by atomic mass is 16.5. The van der Waals surface area contributed by atoms with Crippen LogP contribution in [0.5, 0.6) is 0 Å². The highest BCUT2D eigenvalue weighted by Crippen LogP contribution is 2.35. The fourth-order valence-electron chi connectivity index (χ4n) is 3.98. The summed E-state index contributed by atoms with van der Waals surface area (Å²) in [6, 6.07) is 5.97. The molecule has 1 aromatic carbocycles. The van der Waals surface area contributed by atoms with Crippen molar-refractivity contribution in [1.29, 1.82) is 0 Å². The van der Waals surface area contributed by atoms with Gasteiger partial charge in [-0.15, -0.1) is 0 Å². The molecule has 4 rings (SSSR count). The van der Waals surface area contributed by atoms with Gasteiger partial charge in [0.1, 0.15) is 0 Å². The van der Waals surface area contributed by atoms with E-state index >= 15 is 0 Å². The highest BCUT2D eigenvalue weighted by molar-refractivity contribution is 6.02. The fourth-order valence-corrected chi connectivity index (χ4v) is 3.98. The minimum Gasteiger partial charge on any atom is -0.453 e. The van der Waals surface area contributed by atoms with E-state index in [1.807, 2.05) is 36.9 Å². The molecule has 1 fully saturated rings. The topological polar surface area (TPSA) is 88.8 Å². The van der Waals surface area contributed by atoms with Crippen LogP contribution in [-0.4, -0.2) is 53.3 Å². The lowest BCUT2D eigenvalue weighted by Crippen LogP contribution is -2.37. The smallest absolute Gasteiger partial charge is 0.409 e. The first-order valence-corrected chi connectivity index (χ1v) is 9.59. The zero-order chi connectivity index (χ0) is 19.8. The van der Waals surface area contributed by atoms with E-state index in [2.05, 4.69) is 10.1 Å². The predicted molar refractivity (Wildman–Crippen MR) is 102 cm³/mol. The maximum Gasteiger partial charge on any atom is 0.409 e. The van der Waals surface area contributed by atoms with E-state index in [-0.39, 0.29) is 24.0 Å². The summed E-state index contributed by atoms with van der Waals surface area (Å²) >= 11 is 0. The maximum absolute atomic E-state index is 12.3. The largest absolute Gasteiger partial charge is 0.453 e. The Balaban J connectivity index is 1.52. The number of aromatic nitrogens is 2. The Morgan fingerprint density at radius 1 is 1.29 bits per heavy atom. The van der Waals surface area contributed by atoms with Crippen LogP contribution in [0.25, 0.3) is 11.4 Å². The molecule has 2 aliphatic rings. The number of benzene rings is 1. The molecule has 148 valence electrons. The first kappa shape index (κ1) is 18.5. The molecule has 1 aromatic heterocycles. The van der Waals surface area contributed by atoms with Gasteiger partial charge >= 0.3 is 6.09 Å². The van der Waals surface area contributed by atoms with Gasteiger partial charge in [-0.05, 0) is 38.3 Å². The first-order chi connectivity index (χ1) is 13.5. The minimum atomic E-state index is -0.299. The van der Waals surface area contributed by atoms with Crippen molar-refractivity contribution < 1.29 is 18.8 Å². The second-order valence-electron chi connectivity index (χ2n) is 7.57. The average Bonchev–Trinajstić information content (AvgIpc) is 3.30. The number of nitrogens with zero attached hydrogens (tertiary/aromatic N) is 4. The highest BCUT2D eigenvalue weighted by Gasteiger charge is 2.31. The molecule has 3 heterocycles. The van der Waals surface area contributed by atoms with Crippen molar-refractivity contribution in [2.75, 3.05) is 25.1 Å². The Bertz CT molecular complexity index is 899. The lowest BCUT2D eigenvalue weighted by molar-refractivity contribution is -0.117. The van der Waals surface area contributed by atoms with Crippen LogP contribution < -0.4 is 4.90 Å². The summed E-state index contributed by atoms with van der Waals surface area (Å²) in [5.74, 6) is 1.37. The maximum atomic E-state index is 12.3. The Labute approximate surface area is 163 Å². The lowest BCUT2D eigenvalue weighted by atomic mass is 9.97. The van der Waals surface area contributed by atoms with Crippen molar-refractivity contribution in [3.63, 3.8) is 0 Å². The van der Waals surface area contributed by atoms with Crippen molar-refractivity contribution in [2.24, 2.45) is 0 Å². The van der Waals surface area contributed by atoms with Gasteiger partial charge in [-0.2, -0.15) is 4.98 Å². The van der Waals surface area contributed by atoms with E-state index in [1.165, 1.54) is 7.11 Å². The van der Waals surface area contributed by atoms with Crippen LogP contribution in [0, 0.1) is 0 Å². The third kappa shape index (κ3) is 3.23. The number of fused-ring (bicyclic) bond motifs is 1. The number of carbonyl (C=O) groups is 2. The average molecular weight is 384 g/mol. The van der Waals surface area contributed by atoms with E-state index in [4.69, 9.17) is 9.26 Å². The van der Waals surface area contributed by atoms with Gasteiger partial charge in [0, 0.05) is 36.3 Å². The van der Waals surface area contributed by atoms with Crippen molar-refractivity contribution in [2.45, 2.75) is 45.1 Å². The molecule has 2 amide bonds. The van der Waals surface area contributed by atoms with E-state index in [0.29, 0.717) is 31.2 Å². The van der Waals surface area contributed by atoms with Gasteiger partial charge < -0.3 is 19.1 Å². The molecular weight excluding hydrogens is 360 g/mol. The zero-order valence-electron chi connectivity index (χ0n) is 16.3. The van der Waals surface area contributed by atoms with Gasteiger partial charge in [0.25, 0.3) is 0 Å². The number of likely N-dealkylation sites (tertiary alicyclic amines) is 1. The van der Waals surface area contributed by atoms with Gasteiger partial charge in [0.15, 0.2) is 0 Å². The molecule has 0 N–H and O–H groups in total. The first-order valence-electron chi connectivity index (χ1n) is 9.59. The number of piperidine rings is 1. The number of carbonyl (C=O) groups excluding carboxylic acids is 2. The summed E-state index contributed by atoms with van der Waals surface area (Å²) in [6.45, 7) is 5.23. The quantitative estimate of drug-likeness (QED) is 0.808. The monoisotopic (exact) mass is 384 g/mol. The van der Waals surface area contributed by atoms with Crippen LogP contribution in [0.15, 0.2) is 22.7 Å². The molecule has 0 radical (unpaired) electrons. The number of rotatable bonds is 3. The van der Waals surface area contributed by atoms with E-state index in [1.54, 1.807) is 4.90 Å². The summed E-state index contributed by atoms with van der Waals surface area (Å²) in [7, 11) is 1.39. The standard InChI is InChI=1S/C20H24N4O4/c1-12(2)24-16-10-15(5-4-14(16)11-17(24)25)18-21-19(28-22-18)13-6-8-23(9-7-13)20(26)27-3/h4-5,10,12-13H,6-9,11H2,1-3H3. The molecule has 0 atom stereocenters. The Hall–Kier alpha value is -2.90. The van der Waals surface area contributed by atoms with Crippen LogP contribution in [-0.2, 0) is 16.0 Å². The van der Waals surface area contributed by atoms with Gasteiger partial charge in [0.2, 0.25) is 17.6 Å². The molecule has 2 aliphatic heterocycles. The zero-order valence-corrected chi connectivity index (χ0v) is 16.3. The lowest BCUT2D eigenvalue weighted by Gasteiger charge is -2.28. The third-order valence-electron chi connectivity index (χ3n) is 5.45. The molecule has 2 aromatic rings. The van der Waals surface area contributed by atoms with Gasteiger partial charge in [0.05, 0.1) is 13.5 Å². The third-order valence-corrected chi connectivity index (χ3v) is 5.45. The normalized spacial score (nSPS) is 17.4. The SMILES string of the molecule is COC(=O)N1CCC(c2nc(-c3ccc4c(c3)N(C(C)C)C(=O)C4)no2)CC1. The Kier molecular flexibility index (Phi) is 4.78. The molecule has 0 spiro atoms. The summed E-state index contributed by atoms with van der Waals surface area (Å²) in [6.07, 6.45) is 1.66. The molecular formula is C20H24N4O4. The second-order valence-corrected chi connectivity index (χ2v) is 7.57. The number of amides is 2. The van der Waals surface area contributed by atoms with Crippen molar-refractivity contribution in [1.82, 2.24) is 15.0 Å². The molecule has 8 nitrogen and oxygen atoms in total. The minimum absolute atomic E-state index is 0.102. The molecule has 0 saturated carbocycles. The second kappa shape index (κ2) is 7.26. The van der Waals surface area contributed by atoms with Crippen LogP contribution in [0.3, 0.4) is 0 Å². The van der Waals surface area contributed by atoms with E-state index < -0.39 is 0 Å². The molecule has 1 saturated heterocycles. The van der Waals surface area contributed by atoms with Gasteiger partial charge in [-0.1, -0.05) is 17.3 Å². The van der Waals surface area contributed by atoms with Crippen LogP contribution in [0.2, 0.25) is 0 Å². The van der Waals surface area contributed by atoms with Gasteiger partial charge in [-0.25, -0.2) is 4.79 Å². The summed E-state index contributed by atoms with van der Waals surface area (Å²) in [5.41, 5.74) is 2.79. The van der Waals surface area contributed by atoms with Crippen LogP contribution >= 0.6 is 0 Å². The van der Waals surface area contributed by atoms with Crippen molar-refractivity contribution >= 4 is 17.7 Å². The number of ether oxygens (including phenoxy) is 1. The van der Waals surface area contributed by atoms with Crippen LogP contribution in [0.4, 0.5) is 10.5 Å². The van der Waals surface area contributed by atoms with Crippen LogP contribution in [0.1, 0.15) is 44.1 Å². The number of hydrogen-bond acceptors (Lipinski definition) is 6. The summed E-state index contributed by atoms with van der Waals surface area (Å²) in [4.78, 5) is 32.0. The molecule has 0 aliphatic carbocycles. The number of methoxy groups -OCH3 is 1. The summed E-state index contributed by atoms with van der Waals surface area (Å²) in [5, 5.41) is 4.15. The molecule has 0 bridgehead atoms. The van der Waals surface area contributed by atoms with E-state index in [9.17, 15) is 9.59 Å².